The molecule has 0 aromatic carbocycles. The molecule has 0 amide bonds. The van der Waals surface area contributed by atoms with Gasteiger partial charge in [-0.2, -0.15) is 0 Å². The topological polar surface area (TPSA) is 22.0 Å². The molecule has 0 unspecified atom stereocenters. The van der Waals surface area contributed by atoms with Gasteiger partial charge in [-0.3, -0.25) is 4.79 Å². The number of hydrogen-bond donors (Lipinski definition) is 0. The van der Waals surface area contributed by atoms with Crippen LogP contribution in [-0.4, -0.2) is 4.57 Å². The summed E-state index contributed by atoms with van der Waals surface area (Å²) < 4.78 is 1.66. The van der Waals surface area contributed by atoms with E-state index in [2.05, 4.69) is 6.07 Å². The van der Waals surface area contributed by atoms with Gasteiger partial charge in [0.1, 0.15) is 0 Å². The maximum absolute atomic E-state index is 11.2. The van der Waals surface area contributed by atoms with E-state index in [4.69, 9.17) is 0 Å². The molecule has 0 aliphatic carbocycles. The van der Waals surface area contributed by atoms with Crippen LogP contribution in [-0.2, 0) is 32.7 Å². The molecule has 0 aliphatic rings. The van der Waals surface area contributed by atoms with E-state index in [-0.39, 0.29) is 44.3 Å². The van der Waals surface area contributed by atoms with E-state index in [1.165, 1.54) is 0 Å². The Morgan fingerprint density at radius 1 is 1.50 bits per heavy atom. The van der Waals surface area contributed by atoms with Gasteiger partial charge in [-0.05, 0) is 13.8 Å². The second kappa shape index (κ2) is 4.93. The third-order valence-electron chi connectivity index (χ3n) is 1.58. The fourth-order valence-electron chi connectivity index (χ4n) is 0.940. The molecule has 1 aromatic heterocycles. The van der Waals surface area contributed by atoms with Crippen LogP contribution in [0.3, 0.4) is 0 Å². The van der Waals surface area contributed by atoms with Gasteiger partial charge in [0, 0.05) is 38.8 Å². The van der Waals surface area contributed by atoms with E-state index in [0.717, 1.165) is 5.56 Å². The third kappa shape index (κ3) is 2.83. The second-order valence-corrected chi connectivity index (χ2v) is 2.94. The largest absolute Gasteiger partial charge is 0.346 e. The first-order chi connectivity index (χ1) is 5.11. The summed E-state index contributed by atoms with van der Waals surface area (Å²) in [6, 6.07) is 4.80. The molecule has 12 heavy (non-hydrogen) atoms. The molecular formula is C9H12NOY-. The molecule has 63 valence electrons. The van der Waals surface area contributed by atoms with Gasteiger partial charge in [0.25, 0.3) is 0 Å². The number of aromatic nitrogens is 1. The predicted octanol–water partition coefficient (Wildman–Crippen LogP) is 1.54. The molecule has 1 aromatic rings. The molecule has 1 rings (SSSR count). The van der Waals surface area contributed by atoms with Crippen molar-refractivity contribution < 1.29 is 32.7 Å². The molecule has 2 nitrogen and oxygen atoms in total. The molecule has 1 heterocycles. The number of pyridine rings is 1. The van der Waals surface area contributed by atoms with Crippen molar-refractivity contribution in [3.63, 3.8) is 0 Å². The van der Waals surface area contributed by atoms with Crippen LogP contribution in [0.2, 0.25) is 0 Å². The summed E-state index contributed by atoms with van der Waals surface area (Å²) in [5, 5.41) is 0. The first kappa shape index (κ1) is 12.1. The SMILES string of the molecule is Cc1[c-]cn(C(C)C)c(=O)c1.[Y]. The molecule has 0 atom stereocenters. The zero-order valence-electron chi connectivity index (χ0n) is 7.66. The maximum atomic E-state index is 11.2. The fraction of sp³-hybridized carbons (Fsp3) is 0.444. The molecule has 3 heteroatoms. The van der Waals surface area contributed by atoms with Crippen LogP contribution >= 0.6 is 0 Å². The summed E-state index contributed by atoms with van der Waals surface area (Å²) in [6.07, 6.45) is 1.71. The van der Waals surface area contributed by atoms with E-state index >= 15 is 0 Å². The van der Waals surface area contributed by atoms with Crippen molar-refractivity contribution in [3.8, 4) is 0 Å². The standard InChI is InChI=1S/C9H12NO.Y/c1-7(2)10-5-4-8(3)6-9(10)11;/h5-7H,1-3H3;/q-1;. The van der Waals surface area contributed by atoms with E-state index in [0.29, 0.717) is 0 Å². The Balaban J connectivity index is 0.00000121. The zero-order chi connectivity index (χ0) is 8.43. The average Bonchev–Trinajstić information content (AvgIpc) is 1.85. The zero-order valence-corrected chi connectivity index (χ0v) is 10.5. The van der Waals surface area contributed by atoms with Gasteiger partial charge in [0.15, 0.2) is 5.56 Å². The van der Waals surface area contributed by atoms with Gasteiger partial charge in [0.05, 0.1) is 0 Å². The second-order valence-electron chi connectivity index (χ2n) is 2.94. The van der Waals surface area contributed by atoms with Crippen molar-refractivity contribution in [1.82, 2.24) is 4.57 Å². The van der Waals surface area contributed by atoms with Gasteiger partial charge in [-0.1, -0.05) is 13.1 Å². The van der Waals surface area contributed by atoms with Crippen molar-refractivity contribution in [2.24, 2.45) is 0 Å². The van der Waals surface area contributed by atoms with E-state index in [9.17, 15) is 4.79 Å². The van der Waals surface area contributed by atoms with Crippen LogP contribution in [0.1, 0.15) is 25.5 Å². The van der Waals surface area contributed by atoms with Crippen molar-refractivity contribution in [2.45, 2.75) is 26.8 Å². The quantitative estimate of drug-likeness (QED) is 0.681. The molecule has 0 bridgehead atoms. The molecule has 0 fully saturated rings. The summed E-state index contributed by atoms with van der Waals surface area (Å²) in [7, 11) is 0. The van der Waals surface area contributed by atoms with Crippen LogP contribution in [0.15, 0.2) is 17.1 Å². The van der Waals surface area contributed by atoms with Crippen LogP contribution < -0.4 is 5.56 Å². The molecule has 0 N–H and O–H groups in total. The Bertz CT molecular complexity index is 304. The molecular weight excluding hydrogens is 227 g/mol. The van der Waals surface area contributed by atoms with Gasteiger partial charge in [0.2, 0.25) is 0 Å². The first-order valence-electron chi connectivity index (χ1n) is 3.71. The Hall–Kier alpha value is 0.0539. The molecule has 0 aliphatic heterocycles. The van der Waals surface area contributed by atoms with Crippen molar-refractivity contribution >= 4 is 0 Å². The predicted molar refractivity (Wildman–Crippen MR) is 44.7 cm³/mol. The van der Waals surface area contributed by atoms with Crippen LogP contribution in [0.25, 0.3) is 0 Å². The molecule has 0 saturated carbocycles. The van der Waals surface area contributed by atoms with Crippen molar-refractivity contribution in [3.05, 3.63) is 34.2 Å². The number of aryl methyl sites for hydroxylation is 1. The first-order valence-corrected chi connectivity index (χ1v) is 3.71. The number of rotatable bonds is 1. The van der Waals surface area contributed by atoms with Crippen LogP contribution in [0.4, 0.5) is 0 Å². The smallest absolute Gasteiger partial charge is 0.168 e. The minimum absolute atomic E-state index is 0. The summed E-state index contributed by atoms with van der Waals surface area (Å²) in [5.41, 5.74) is 0.947. The maximum Gasteiger partial charge on any atom is 0.168 e. The third-order valence-corrected chi connectivity index (χ3v) is 1.58. The average molecular weight is 239 g/mol. The Morgan fingerprint density at radius 3 is 2.50 bits per heavy atom. The Morgan fingerprint density at radius 2 is 2.08 bits per heavy atom. The number of nitrogens with zero attached hydrogens (tertiary/aromatic N) is 1. The molecule has 0 saturated heterocycles. The fourth-order valence-corrected chi connectivity index (χ4v) is 0.940. The summed E-state index contributed by atoms with van der Waals surface area (Å²) in [6.45, 7) is 5.82. The van der Waals surface area contributed by atoms with Gasteiger partial charge in [-0.25, -0.2) is 11.6 Å². The van der Waals surface area contributed by atoms with Gasteiger partial charge >= 0.3 is 0 Å². The Labute approximate surface area is 97.9 Å². The van der Waals surface area contributed by atoms with Gasteiger partial charge < -0.3 is 4.57 Å². The van der Waals surface area contributed by atoms with E-state index in [1.54, 1.807) is 16.8 Å². The summed E-state index contributed by atoms with van der Waals surface area (Å²) >= 11 is 0. The van der Waals surface area contributed by atoms with Crippen molar-refractivity contribution in [1.29, 1.82) is 0 Å². The van der Waals surface area contributed by atoms with Gasteiger partial charge in [-0.15, -0.1) is 6.07 Å². The van der Waals surface area contributed by atoms with E-state index in [1.807, 2.05) is 20.8 Å². The molecule has 1 radical (unpaired) electrons. The van der Waals surface area contributed by atoms with E-state index < -0.39 is 0 Å². The van der Waals surface area contributed by atoms with Crippen LogP contribution in [0.5, 0.6) is 0 Å². The van der Waals surface area contributed by atoms with Crippen LogP contribution in [0, 0.1) is 13.0 Å². The minimum Gasteiger partial charge on any atom is -0.346 e. The Kier molecular flexibility index (Phi) is 4.95. The van der Waals surface area contributed by atoms with Crippen molar-refractivity contribution in [2.75, 3.05) is 0 Å². The molecule has 0 spiro atoms. The summed E-state index contributed by atoms with van der Waals surface area (Å²) in [5.74, 6) is 0. The summed E-state index contributed by atoms with van der Waals surface area (Å²) in [4.78, 5) is 11.2. The normalized spacial score (nSPS) is 9.67. The number of hydrogen-bond acceptors (Lipinski definition) is 1. The monoisotopic (exact) mass is 239 g/mol. The minimum atomic E-state index is 0.